The molecular weight excluding hydrogens is 446 g/mol. The number of esters is 1. The molecule has 1 heterocycles. The van der Waals surface area contributed by atoms with Crippen LogP contribution in [0.4, 0.5) is 5.69 Å². The van der Waals surface area contributed by atoms with E-state index < -0.39 is 5.97 Å². The van der Waals surface area contributed by atoms with Gasteiger partial charge >= 0.3 is 5.97 Å². The first-order chi connectivity index (χ1) is 13.6. The largest absolute Gasteiger partial charge is 0.462 e. The normalized spacial score (nSPS) is 10.5. The van der Waals surface area contributed by atoms with E-state index in [4.69, 9.17) is 9.15 Å². The van der Waals surface area contributed by atoms with Crippen molar-refractivity contribution in [2.24, 2.45) is 0 Å². The highest BCUT2D eigenvalue weighted by Gasteiger charge is 2.15. The summed E-state index contributed by atoms with van der Waals surface area (Å²) in [5, 5.41) is 10.9. The van der Waals surface area contributed by atoms with Gasteiger partial charge in [-0.2, -0.15) is 0 Å². The molecule has 0 aliphatic rings. The predicted octanol–water partition coefficient (Wildman–Crippen LogP) is 4.41. The minimum absolute atomic E-state index is 0.0547. The maximum Gasteiger partial charge on any atom is 0.340 e. The molecule has 0 atom stereocenters. The summed E-state index contributed by atoms with van der Waals surface area (Å²) < 4.78 is 11.5. The SMILES string of the molecule is CCOC(=O)c1ccccc1NC(=O)CSc1nnc(-c2ccc(Br)cc2)o1. The van der Waals surface area contributed by atoms with Gasteiger partial charge in [-0.25, -0.2) is 4.79 Å². The Morgan fingerprint density at radius 2 is 1.89 bits per heavy atom. The molecular formula is C19H16BrN3O4S. The number of hydrogen-bond donors (Lipinski definition) is 1. The maximum absolute atomic E-state index is 12.3. The fourth-order valence-corrected chi connectivity index (χ4v) is 3.10. The van der Waals surface area contributed by atoms with E-state index in [1.165, 1.54) is 0 Å². The highest BCUT2D eigenvalue weighted by Crippen LogP contribution is 2.25. The molecule has 0 aliphatic heterocycles. The zero-order valence-electron chi connectivity index (χ0n) is 14.8. The van der Waals surface area contributed by atoms with Crippen molar-refractivity contribution in [2.45, 2.75) is 12.1 Å². The molecule has 2 aromatic carbocycles. The second kappa shape index (κ2) is 9.52. The fraction of sp³-hybridized carbons (Fsp3) is 0.158. The minimum Gasteiger partial charge on any atom is -0.462 e. The van der Waals surface area contributed by atoms with Gasteiger partial charge in [-0.3, -0.25) is 4.79 Å². The lowest BCUT2D eigenvalue weighted by Gasteiger charge is -2.09. The van der Waals surface area contributed by atoms with Crippen LogP contribution < -0.4 is 5.32 Å². The summed E-state index contributed by atoms with van der Waals surface area (Å²) in [7, 11) is 0. The number of nitrogens with zero attached hydrogens (tertiary/aromatic N) is 2. The Morgan fingerprint density at radius 1 is 1.14 bits per heavy atom. The number of halogens is 1. The summed E-state index contributed by atoms with van der Waals surface area (Å²) in [6.45, 7) is 1.98. The Kier molecular flexibility index (Phi) is 6.83. The van der Waals surface area contributed by atoms with Crippen LogP contribution in [-0.4, -0.2) is 34.4 Å². The number of para-hydroxylation sites is 1. The van der Waals surface area contributed by atoms with Crippen LogP contribution in [-0.2, 0) is 9.53 Å². The third-order valence-corrected chi connectivity index (χ3v) is 4.87. The van der Waals surface area contributed by atoms with Gasteiger partial charge in [0.2, 0.25) is 11.8 Å². The average Bonchev–Trinajstić information content (AvgIpc) is 3.16. The number of carbonyl (C=O) groups is 2. The van der Waals surface area contributed by atoms with Gasteiger partial charge in [0.05, 0.1) is 23.6 Å². The van der Waals surface area contributed by atoms with Crippen molar-refractivity contribution in [1.82, 2.24) is 10.2 Å². The van der Waals surface area contributed by atoms with Gasteiger partial charge in [0.15, 0.2) is 0 Å². The lowest BCUT2D eigenvalue weighted by Crippen LogP contribution is -2.17. The number of benzene rings is 2. The van der Waals surface area contributed by atoms with E-state index in [9.17, 15) is 9.59 Å². The topological polar surface area (TPSA) is 94.3 Å². The molecule has 0 unspecified atom stereocenters. The summed E-state index contributed by atoms with van der Waals surface area (Å²) in [5.41, 5.74) is 1.49. The number of rotatable bonds is 7. The van der Waals surface area contributed by atoms with Crippen LogP contribution >= 0.6 is 27.7 Å². The van der Waals surface area contributed by atoms with E-state index in [1.54, 1.807) is 31.2 Å². The number of aromatic nitrogens is 2. The number of nitrogens with one attached hydrogen (secondary N) is 1. The molecule has 28 heavy (non-hydrogen) atoms. The number of anilines is 1. The Morgan fingerprint density at radius 3 is 2.64 bits per heavy atom. The van der Waals surface area contributed by atoms with Gasteiger partial charge in [-0.05, 0) is 43.3 Å². The van der Waals surface area contributed by atoms with Gasteiger partial charge in [-0.15, -0.1) is 10.2 Å². The second-order valence-corrected chi connectivity index (χ2v) is 7.33. The third-order valence-electron chi connectivity index (χ3n) is 3.52. The van der Waals surface area contributed by atoms with E-state index in [0.29, 0.717) is 17.1 Å². The van der Waals surface area contributed by atoms with Crippen molar-refractivity contribution in [3.8, 4) is 11.5 Å². The molecule has 1 N–H and O–H groups in total. The average molecular weight is 462 g/mol. The number of hydrogen-bond acceptors (Lipinski definition) is 7. The van der Waals surface area contributed by atoms with Gasteiger partial charge < -0.3 is 14.5 Å². The summed E-state index contributed by atoms with van der Waals surface area (Å²) in [6.07, 6.45) is 0. The molecule has 0 aliphatic carbocycles. The maximum atomic E-state index is 12.3. The lowest BCUT2D eigenvalue weighted by molar-refractivity contribution is -0.113. The standard InChI is InChI=1S/C19H16BrN3O4S/c1-2-26-18(25)14-5-3-4-6-15(14)21-16(24)11-28-19-23-22-17(27-19)12-7-9-13(20)10-8-12/h3-10H,2,11H2,1H3,(H,21,24). The van der Waals surface area contributed by atoms with Crippen molar-refractivity contribution in [2.75, 3.05) is 17.7 Å². The van der Waals surface area contributed by atoms with E-state index in [0.717, 1.165) is 21.8 Å². The van der Waals surface area contributed by atoms with Crippen LogP contribution in [0.15, 0.2) is 62.6 Å². The van der Waals surface area contributed by atoms with Gasteiger partial charge in [0, 0.05) is 10.0 Å². The quantitative estimate of drug-likeness (QED) is 0.411. The van der Waals surface area contributed by atoms with Crippen molar-refractivity contribution in [1.29, 1.82) is 0 Å². The van der Waals surface area contributed by atoms with Crippen LogP contribution in [0, 0.1) is 0 Å². The molecule has 1 amide bonds. The molecule has 0 saturated heterocycles. The van der Waals surface area contributed by atoms with Crippen LogP contribution in [0.25, 0.3) is 11.5 Å². The number of amides is 1. The summed E-state index contributed by atoms with van der Waals surface area (Å²) in [6, 6.07) is 14.1. The molecule has 0 radical (unpaired) electrons. The predicted molar refractivity (Wildman–Crippen MR) is 109 cm³/mol. The zero-order valence-corrected chi connectivity index (χ0v) is 17.2. The monoisotopic (exact) mass is 461 g/mol. The fourth-order valence-electron chi connectivity index (χ4n) is 2.27. The summed E-state index contributed by atoms with van der Waals surface area (Å²) >= 11 is 4.48. The molecule has 0 bridgehead atoms. The number of ether oxygens (including phenoxy) is 1. The molecule has 1 aromatic heterocycles. The third kappa shape index (κ3) is 5.20. The lowest BCUT2D eigenvalue weighted by atomic mass is 10.2. The van der Waals surface area contributed by atoms with E-state index in [1.807, 2.05) is 24.3 Å². The van der Waals surface area contributed by atoms with Gasteiger partial charge in [-0.1, -0.05) is 39.8 Å². The Hall–Kier alpha value is -2.65. The molecule has 3 rings (SSSR count). The van der Waals surface area contributed by atoms with Crippen molar-refractivity contribution in [3.05, 3.63) is 58.6 Å². The zero-order chi connectivity index (χ0) is 19.9. The molecule has 7 nitrogen and oxygen atoms in total. The highest BCUT2D eigenvalue weighted by molar-refractivity contribution is 9.10. The Labute approximate surface area is 174 Å². The van der Waals surface area contributed by atoms with Crippen LogP contribution in [0.3, 0.4) is 0 Å². The summed E-state index contributed by atoms with van der Waals surface area (Å²) in [5.74, 6) is -0.352. The Balaban J connectivity index is 1.60. The number of carbonyl (C=O) groups excluding carboxylic acids is 2. The van der Waals surface area contributed by atoms with Crippen LogP contribution in [0.5, 0.6) is 0 Å². The second-order valence-electron chi connectivity index (χ2n) is 5.48. The number of thioether (sulfide) groups is 1. The molecule has 0 saturated carbocycles. The minimum atomic E-state index is -0.484. The van der Waals surface area contributed by atoms with Gasteiger partial charge in [0.25, 0.3) is 5.22 Å². The molecule has 3 aromatic rings. The van der Waals surface area contributed by atoms with Gasteiger partial charge in [0.1, 0.15) is 0 Å². The van der Waals surface area contributed by atoms with E-state index in [2.05, 4.69) is 31.4 Å². The van der Waals surface area contributed by atoms with E-state index >= 15 is 0 Å². The first kappa shape index (κ1) is 20.1. The van der Waals surface area contributed by atoms with Crippen LogP contribution in [0.1, 0.15) is 17.3 Å². The highest BCUT2D eigenvalue weighted by atomic mass is 79.9. The Bertz CT molecular complexity index is 975. The summed E-state index contributed by atoms with van der Waals surface area (Å²) in [4.78, 5) is 24.2. The van der Waals surface area contributed by atoms with Crippen molar-refractivity contribution in [3.63, 3.8) is 0 Å². The molecule has 0 spiro atoms. The van der Waals surface area contributed by atoms with Crippen molar-refractivity contribution < 1.29 is 18.7 Å². The van der Waals surface area contributed by atoms with Crippen molar-refractivity contribution >= 4 is 45.3 Å². The first-order valence-electron chi connectivity index (χ1n) is 8.35. The smallest absolute Gasteiger partial charge is 0.340 e. The molecule has 144 valence electrons. The van der Waals surface area contributed by atoms with Crippen LogP contribution in [0.2, 0.25) is 0 Å². The van der Waals surface area contributed by atoms with E-state index in [-0.39, 0.29) is 23.5 Å². The first-order valence-corrected chi connectivity index (χ1v) is 10.1. The molecule has 9 heteroatoms. The molecule has 0 fully saturated rings.